The molecule has 9 heteroatoms. The van der Waals surface area contributed by atoms with Crippen LogP contribution in [0.3, 0.4) is 0 Å². The fraction of sp³-hybridized carbons (Fsp3) is 0.296. The maximum absolute atomic E-state index is 13.7. The molecule has 1 fully saturated rings. The van der Waals surface area contributed by atoms with Gasteiger partial charge in [-0.3, -0.25) is 14.3 Å². The van der Waals surface area contributed by atoms with Crippen LogP contribution in [0, 0.1) is 6.92 Å². The zero-order valence-electron chi connectivity index (χ0n) is 19.8. The molecule has 1 saturated heterocycles. The Labute approximate surface area is 206 Å². The summed E-state index contributed by atoms with van der Waals surface area (Å²) in [4.78, 5) is 23.5. The van der Waals surface area contributed by atoms with E-state index in [9.17, 15) is 18.0 Å². The van der Waals surface area contributed by atoms with Crippen molar-refractivity contribution in [2.75, 3.05) is 18.4 Å². The first-order valence-electron chi connectivity index (χ1n) is 11.9. The molecule has 1 amide bonds. The molecular formula is C27H26F3N5O. The number of nitrogens with one attached hydrogen (secondary N) is 1. The number of hydrogen-bond donors (Lipinski definition) is 1. The van der Waals surface area contributed by atoms with E-state index in [-0.39, 0.29) is 30.1 Å². The van der Waals surface area contributed by atoms with Crippen molar-refractivity contribution < 1.29 is 18.0 Å². The number of carbonyl (C=O) groups is 1. The molecule has 6 nitrogen and oxygen atoms in total. The van der Waals surface area contributed by atoms with Gasteiger partial charge in [-0.2, -0.15) is 13.2 Å². The third-order valence-corrected chi connectivity index (χ3v) is 6.55. The van der Waals surface area contributed by atoms with Gasteiger partial charge in [0, 0.05) is 24.1 Å². The van der Waals surface area contributed by atoms with E-state index in [1.54, 1.807) is 18.6 Å². The quantitative estimate of drug-likeness (QED) is 0.384. The van der Waals surface area contributed by atoms with Crippen LogP contribution in [-0.2, 0) is 23.9 Å². The Balaban J connectivity index is 1.30. The van der Waals surface area contributed by atoms with Gasteiger partial charge in [0.25, 0.3) is 0 Å². The zero-order chi connectivity index (χ0) is 25.3. The molecule has 0 saturated carbocycles. The van der Waals surface area contributed by atoms with E-state index in [0.717, 1.165) is 60.0 Å². The molecule has 1 aliphatic heterocycles. The van der Waals surface area contributed by atoms with Crippen LogP contribution in [0.4, 0.5) is 18.9 Å². The van der Waals surface area contributed by atoms with E-state index in [4.69, 9.17) is 0 Å². The Morgan fingerprint density at radius 2 is 1.81 bits per heavy atom. The van der Waals surface area contributed by atoms with Crippen LogP contribution in [0.5, 0.6) is 0 Å². The second-order valence-corrected chi connectivity index (χ2v) is 9.15. The van der Waals surface area contributed by atoms with Crippen molar-refractivity contribution in [3.63, 3.8) is 0 Å². The molecule has 2 aromatic heterocycles. The minimum atomic E-state index is -4.49. The first-order chi connectivity index (χ1) is 17.3. The van der Waals surface area contributed by atoms with Gasteiger partial charge in [-0.15, -0.1) is 0 Å². The van der Waals surface area contributed by atoms with Crippen LogP contribution in [0.1, 0.15) is 35.1 Å². The van der Waals surface area contributed by atoms with Crippen LogP contribution in [0.25, 0.3) is 16.9 Å². The molecule has 5 rings (SSSR count). The number of pyridine rings is 1. The molecule has 0 unspecified atom stereocenters. The fourth-order valence-electron chi connectivity index (χ4n) is 4.68. The number of nitrogens with zero attached hydrogens (tertiary/aromatic N) is 4. The highest BCUT2D eigenvalue weighted by Crippen LogP contribution is 2.35. The lowest BCUT2D eigenvalue weighted by atomic mass is 10.0. The summed E-state index contributed by atoms with van der Waals surface area (Å²) in [6.45, 7) is 3.77. The monoisotopic (exact) mass is 493 g/mol. The number of benzene rings is 2. The number of alkyl halides is 3. The average Bonchev–Trinajstić information content (AvgIpc) is 3.51. The Bertz CT molecular complexity index is 1410. The number of anilines is 1. The van der Waals surface area contributed by atoms with Crippen molar-refractivity contribution in [1.29, 1.82) is 0 Å². The topological polar surface area (TPSA) is 63.1 Å². The Hall–Kier alpha value is -3.72. The van der Waals surface area contributed by atoms with Crippen molar-refractivity contribution in [2.45, 2.75) is 38.9 Å². The maximum Gasteiger partial charge on any atom is 0.416 e. The number of aromatic nitrogens is 3. The van der Waals surface area contributed by atoms with Crippen LogP contribution >= 0.6 is 0 Å². The molecule has 1 N–H and O–H groups in total. The van der Waals surface area contributed by atoms with Crippen LogP contribution < -0.4 is 5.32 Å². The largest absolute Gasteiger partial charge is 0.416 e. The highest BCUT2D eigenvalue weighted by molar-refractivity contribution is 5.92. The summed E-state index contributed by atoms with van der Waals surface area (Å²) in [5, 5.41) is 2.64. The summed E-state index contributed by atoms with van der Waals surface area (Å²) < 4.78 is 43.1. The number of amides is 1. The number of rotatable bonds is 6. The van der Waals surface area contributed by atoms with Crippen LogP contribution in [0.2, 0.25) is 0 Å². The molecule has 0 aliphatic carbocycles. The summed E-state index contributed by atoms with van der Waals surface area (Å²) in [5.74, 6) is -0.374. The number of imidazole rings is 1. The van der Waals surface area contributed by atoms with E-state index in [2.05, 4.69) is 15.3 Å². The number of halogens is 3. The Kier molecular flexibility index (Phi) is 6.49. The average molecular weight is 494 g/mol. The van der Waals surface area contributed by atoms with E-state index in [1.165, 1.54) is 6.07 Å². The molecule has 1 aliphatic rings. The molecular weight excluding hydrogens is 467 g/mol. The van der Waals surface area contributed by atoms with Gasteiger partial charge in [-0.1, -0.05) is 12.1 Å². The van der Waals surface area contributed by atoms with Crippen molar-refractivity contribution in [3.8, 4) is 5.69 Å². The first-order valence-corrected chi connectivity index (χ1v) is 11.9. The van der Waals surface area contributed by atoms with Gasteiger partial charge in [0.15, 0.2) is 5.65 Å². The lowest BCUT2D eigenvalue weighted by Crippen LogP contribution is -2.22. The molecule has 0 bridgehead atoms. The highest BCUT2D eigenvalue weighted by Gasteiger charge is 2.34. The maximum atomic E-state index is 13.7. The summed E-state index contributed by atoms with van der Waals surface area (Å²) >= 11 is 0. The standard InChI is InChI=1S/C27H26F3N5O/c1-18-13-22(35-17-32-24-5-4-10-31-26(24)35)9-7-19(18)14-25(36)33-21-8-6-20(16-34-11-2-3-12-34)23(15-21)27(28,29)30/h4-10,13,15,17H,2-3,11-12,14,16H2,1H3,(H,33,36). The molecule has 0 spiro atoms. The van der Waals surface area contributed by atoms with E-state index in [1.807, 2.05) is 46.7 Å². The zero-order valence-corrected chi connectivity index (χ0v) is 19.8. The van der Waals surface area contributed by atoms with Crippen molar-refractivity contribution in [1.82, 2.24) is 19.4 Å². The number of aryl methyl sites for hydroxylation is 1. The van der Waals surface area contributed by atoms with Crippen LogP contribution in [0.15, 0.2) is 61.1 Å². The van der Waals surface area contributed by atoms with Gasteiger partial charge in [0.1, 0.15) is 11.8 Å². The minimum Gasteiger partial charge on any atom is -0.326 e. The predicted molar refractivity (Wildman–Crippen MR) is 132 cm³/mol. The van der Waals surface area contributed by atoms with Gasteiger partial charge in [-0.25, -0.2) is 9.97 Å². The van der Waals surface area contributed by atoms with E-state index < -0.39 is 11.7 Å². The highest BCUT2D eigenvalue weighted by atomic mass is 19.4. The minimum absolute atomic E-state index is 0.0475. The van der Waals surface area contributed by atoms with E-state index >= 15 is 0 Å². The normalized spacial score (nSPS) is 14.4. The van der Waals surface area contributed by atoms with Gasteiger partial charge < -0.3 is 5.32 Å². The number of carbonyl (C=O) groups excluding carboxylic acids is 1. The van der Waals surface area contributed by atoms with Gasteiger partial charge in [0.05, 0.1) is 12.0 Å². The van der Waals surface area contributed by atoms with Crippen molar-refractivity contribution in [3.05, 3.63) is 83.3 Å². The second-order valence-electron chi connectivity index (χ2n) is 9.15. The summed E-state index contributed by atoms with van der Waals surface area (Å²) in [5.41, 5.74) is 3.72. The van der Waals surface area contributed by atoms with E-state index in [0.29, 0.717) is 0 Å². The summed E-state index contributed by atoms with van der Waals surface area (Å²) in [6.07, 6.45) is 0.970. The second kappa shape index (κ2) is 9.73. The Morgan fingerprint density at radius 1 is 1.03 bits per heavy atom. The SMILES string of the molecule is Cc1cc(-n2cnc3cccnc32)ccc1CC(=O)Nc1ccc(CN2CCCC2)c(C(F)(F)F)c1. The molecule has 0 radical (unpaired) electrons. The predicted octanol–water partition coefficient (Wildman–Crippen LogP) is 5.52. The summed E-state index contributed by atoms with van der Waals surface area (Å²) in [7, 11) is 0. The molecule has 186 valence electrons. The molecule has 36 heavy (non-hydrogen) atoms. The smallest absolute Gasteiger partial charge is 0.326 e. The Morgan fingerprint density at radius 3 is 2.56 bits per heavy atom. The molecule has 3 heterocycles. The fourth-order valence-corrected chi connectivity index (χ4v) is 4.68. The van der Waals surface area contributed by atoms with Gasteiger partial charge >= 0.3 is 6.18 Å². The first kappa shape index (κ1) is 24.0. The number of hydrogen-bond acceptors (Lipinski definition) is 4. The lowest BCUT2D eigenvalue weighted by Gasteiger charge is -2.20. The molecule has 0 atom stereocenters. The van der Waals surface area contributed by atoms with Crippen molar-refractivity contribution in [2.24, 2.45) is 0 Å². The number of fused-ring (bicyclic) bond motifs is 1. The number of likely N-dealkylation sites (tertiary alicyclic amines) is 1. The molecule has 4 aromatic rings. The molecule has 2 aromatic carbocycles. The third kappa shape index (κ3) is 5.11. The van der Waals surface area contributed by atoms with Gasteiger partial charge in [0.2, 0.25) is 5.91 Å². The van der Waals surface area contributed by atoms with Crippen LogP contribution in [-0.4, -0.2) is 38.4 Å². The van der Waals surface area contributed by atoms with Crippen molar-refractivity contribution >= 4 is 22.8 Å². The lowest BCUT2D eigenvalue weighted by molar-refractivity contribution is -0.138. The third-order valence-electron chi connectivity index (χ3n) is 6.55. The summed E-state index contributed by atoms with van der Waals surface area (Å²) in [6, 6.07) is 13.4. The van der Waals surface area contributed by atoms with Gasteiger partial charge in [-0.05, 0) is 85.9 Å².